The standard InChI is InChI=1S/C6H6ClNO/c7-4-1-2-6-3-5-9-8-6/h1,3-5H,2H2. The van der Waals surface area contributed by atoms with Crippen LogP contribution in [0, 0.1) is 0 Å². The molecule has 9 heavy (non-hydrogen) atoms. The minimum absolute atomic E-state index is 0.736. The maximum absolute atomic E-state index is 5.28. The van der Waals surface area contributed by atoms with Crippen molar-refractivity contribution in [3.63, 3.8) is 0 Å². The summed E-state index contributed by atoms with van der Waals surface area (Å²) in [6.07, 6.45) is 4.08. The van der Waals surface area contributed by atoms with Crippen molar-refractivity contribution < 1.29 is 4.52 Å². The van der Waals surface area contributed by atoms with Gasteiger partial charge in [0.05, 0.1) is 5.69 Å². The fraction of sp³-hybridized carbons (Fsp3) is 0.167. The summed E-state index contributed by atoms with van der Waals surface area (Å²) in [6.45, 7) is 0. The van der Waals surface area contributed by atoms with Crippen molar-refractivity contribution in [3.05, 3.63) is 29.6 Å². The molecule has 0 N–H and O–H groups in total. The predicted molar refractivity (Wildman–Crippen MR) is 35.2 cm³/mol. The number of hydrogen-bond acceptors (Lipinski definition) is 2. The zero-order valence-electron chi connectivity index (χ0n) is 4.75. The van der Waals surface area contributed by atoms with Crippen LogP contribution in [0.4, 0.5) is 0 Å². The molecule has 0 amide bonds. The molecule has 1 rings (SSSR count). The molecule has 1 aromatic rings. The predicted octanol–water partition coefficient (Wildman–Crippen LogP) is 1.97. The van der Waals surface area contributed by atoms with E-state index >= 15 is 0 Å². The van der Waals surface area contributed by atoms with Crippen molar-refractivity contribution in [2.45, 2.75) is 6.42 Å². The average Bonchev–Trinajstić information content (AvgIpc) is 2.34. The van der Waals surface area contributed by atoms with Gasteiger partial charge in [-0.25, -0.2) is 0 Å². The number of rotatable bonds is 2. The van der Waals surface area contributed by atoms with Crippen LogP contribution in [0.3, 0.4) is 0 Å². The Labute approximate surface area is 58.1 Å². The smallest absolute Gasteiger partial charge is 0.124 e. The largest absolute Gasteiger partial charge is 0.365 e. The van der Waals surface area contributed by atoms with E-state index in [0.717, 1.165) is 12.1 Å². The molecule has 3 heteroatoms. The van der Waals surface area contributed by atoms with Crippen LogP contribution in [0.15, 0.2) is 28.5 Å². The Morgan fingerprint density at radius 2 is 2.67 bits per heavy atom. The summed E-state index contributed by atoms with van der Waals surface area (Å²) in [5.74, 6) is 0. The lowest BCUT2D eigenvalue weighted by Gasteiger charge is -1.79. The third kappa shape index (κ3) is 1.90. The summed E-state index contributed by atoms with van der Waals surface area (Å²) in [4.78, 5) is 0. The zero-order chi connectivity index (χ0) is 6.53. The first-order chi connectivity index (χ1) is 4.43. The van der Waals surface area contributed by atoms with E-state index in [0.29, 0.717) is 0 Å². The lowest BCUT2D eigenvalue weighted by molar-refractivity contribution is 0.413. The van der Waals surface area contributed by atoms with Crippen molar-refractivity contribution in [2.75, 3.05) is 0 Å². The van der Waals surface area contributed by atoms with Gasteiger partial charge in [-0.2, -0.15) is 0 Å². The first kappa shape index (κ1) is 6.36. The molecule has 0 aliphatic carbocycles. The molecule has 1 heterocycles. The number of halogens is 1. The molecule has 0 radical (unpaired) electrons. The maximum atomic E-state index is 5.28. The van der Waals surface area contributed by atoms with E-state index in [1.165, 1.54) is 11.8 Å². The molecule has 2 nitrogen and oxygen atoms in total. The van der Waals surface area contributed by atoms with Crippen LogP contribution in [-0.4, -0.2) is 5.16 Å². The SMILES string of the molecule is ClC=CCc1ccon1. The maximum Gasteiger partial charge on any atom is 0.124 e. The van der Waals surface area contributed by atoms with Crippen LogP contribution in [0.5, 0.6) is 0 Å². The van der Waals surface area contributed by atoms with Gasteiger partial charge in [0.25, 0.3) is 0 Å². The second-order valence-corrected chi connectivity index (χ2v) is 1.81. The highest BCUT2D eigenvalue weighted by atomic mass is 35.5. The summed E-state index contributed by atoms with van der Waals surface area (Å²) < 4.78 is 4.58. The molecule has 0 bridgehead atoms. The summed E-state index contributed by atoms with van der Waals surface area (Å²) in [7, 11) is 0. The summed E-state index contributed by atoms with van der Waals surface area (Å²) in [5, 5.41) is 3.67. The van der Waals surface area contributed by atoms with Crippen LogP contribution in [0.1, 0.15) is 5.69 Å². The Morgan fingerprint density at radius 3 is 3.22 bits per heavy atom. The van der Waals surface area contributed by atoms with Gasteiger partial charge >= 0.3 is 0 Å². The molecule has 0 aliphatic rings. The van der Waals surface area contributed by atoms with Crippen LogP contribution in [0.2, 0.25) is 0 Å². The molecule has 1 aromatic heterocycles. The number of aromatic nitrogens is 1. The zero-order valence-corrected chi connectivity index (χ0v) is 5.51. The van der Waals surface area contributed by atoms with Gasteiger partial charge in [-0.1, -0.05) is 22.8 Å². The fourth-order valence-electron chi connectivity index (χ4n) is 0.508. The van der Waals surface area contributed by atoms with E-state index in [-0.39, 0.29) is 0 Å². The van der Waals surface area contributed by atoms with E-state index in [9.17, 15) is 0 Å². The van der Waals surface area contributed by atoms with Crippen LogP contribution in [0.25, 0.3) is 0 Å². The first-order valence-corrected chi connectivity index (χ1v) is 3.01. The fourth-order valence-corrected chi connectivity index (χ4v) is 0.597. The number of allylic oxidation sites excluding steroid dienone is 1. The molecule has 0 aromatic carbocycles. The molecule has 0 atom stereocenters. The normalized spacial score (nSPS) is 10.8. The Morgan fingerprint density at radius 1 is 1.78 bits per heavy atom. The van der Waals surface area contributed by atoms with Gasteiger partial charge in [-0.3, -0.25) is 0 Å². The minimum Gasteiger partial charge on any atom is -0.365 e. The quantitative estimate of drug-likeness (QED) is 0.633. The van der Waals surface area contributed by atoms with Gasteiger partial charge in [0, 0.05) is 18.0 Å². The molecule has 0 unspecified atom stereocenters. The Hall–Kier alpha value is -0.760. The van der Waals surface area contributed by atoms with Gasteiger partial charge in [-0.15, -0.1) is 0 Å². The second-order valence-electron chi connectivity index (χ2n) is 1.56. The molecule has 0 spiro atoms. The summed E-state index contributed by atoms with van der Waals surface area (Å²) in [5.41, 5.74) is 2.36. The van der Waals surface area contributed by atoms with E-state index in [2.05, 4.69) is 9.68 Å². The van der Waals surface area contributed by atoms with Crippen molar-refractivity contribution in [3.8, 4) is 0 Å². The van der Waals surface area contributed by atoms with E-state index in [1.807, 2.05) is 0 Å². The lowest BCUT2D eigenvalue weighted by Crippen LogP contribution is -1.76. The molecule has 0 saturated carbocycles. The second kappa shape index (κ2) is 3.30. The summed E-state index contributed by atoms with van der Waals surface area (Å²) in [6, 6.07) is 1.80. The molecule has 48 valence electrons. The average molecular weight is 144 g/mol. The summed E-state index contributed by atoms with van der Waals surface area (Å²) >= 11 is 5.28. The van der Waals surface area contributed by atoms with Gasteiger partial charge < -0.3 is 4.52 Å². The molecule has 0 fully saturated rings. The molecule has 0 aliphatic heterocycles. The first-order valence-electron chi connectivity index (χ1n) is 2.58. The molecule has 0 saturated heterocycles. The van der Waals surface area contributed by atoms with Gasteiger partial charge in [0.2, 0.25) is 0 Å². The topological polar surface area (TPSA) is 26.0 Å². The van der Waals surface area contributed by atoms with Gasteiger partial charge in [0.15, 0.2) is 0 Å². The highest BCUT2D eigenvalue weighted by Gasteiger charge is 1.89. The minimum atomic E-state index is 0.736. The third-order valence-electron chi connectivity index (χ3n) is 0.907. The Bertz CT molecular complexity index is 181. The monoisotopic (exact) mass is 143 g/mol. The third-order valence-corrected chi connectivity index (χ3v) is 1.09. The van der Waals surface area contributed by atoms with Crippen LogP contribution >= 0.6 is 11.6 Å². The van der Waals surface area contributed by atoms with Crippen molar-refractivity contribution in [2.24, 2.45) is 0 Å². The van der Waals surface area contributed by atoms with Crippen LogP contribution in [-0.2, 0) is 6.42 Å². The van der Waals surface area contributed by atoms with E-state index in [4.69, 9.17) is 11.6 Å². The van der Waals surface area contributed by atoms with E-state index < -0.39 is 0 Å². The van der Waals surface area contributed by atoms with Crippen LogP contribution < -0.4 is 0 Å². The highest BCUT2D eigenvalue weighted by molar-refractivity contribution is 6.25. The lowest BCUT2D eigenvalue weighted by atomic mass is 10.3. The van der Waals surface area contributed by atoms with Crippen molar-refractivity contribution in [1.29, 1.82) is 0 Å². The van der Waals surface area contributed by atoms with Crippen molar-refractivity contribution in [1.82, 2.24) is 5.16 Å². The number of nitrogens with zero attached hydrogens (tertiary/aromatic N) is 1. The van der Waals surface area contributed by atoms with E-state index in [1.54, 1.807) is 12.1 Å². The molecular weight excluding hydrogens is 138 g/mol. The highest BCUT2D eigenvalue weighted by Crippen LogP contribution is 1.96. The Balaban J connectivity index is 2.48. The number of hydrogen-bond donors (Lipinski definition) is 0. The van der Waals surface area contributed by atoms with Gasteiger partial charge in [0.1, 0.15) is 6.26 Å². The van der Waals surface area contributed by atoms with Gasteiger partial charge in [-0.05, 0) is 0 Å². The Kier molecular flexibility index (Phi) is 2.33. The molecular formula is C6H6ClNO. The van der Waals surface area contributed by atoms with Crippen molar-refractivity contribution >= 4 is 11.6 Å².